The Balaban J connectivity index is 2.27. The molecule has 1 saturated heterocycles. The second kappa shape index (κ2) is 3.29. The van der Waals surface area contributed by atoms with Crippen LogP contribution in [-0.4, -0.2) is 11.8 Å². The van der Waals surface area contributed by atoms with E-state index in [1.807, 2.05) is 30.0 Å². The molecule has 1 heterocycles. The van der Waals surface area contributed by atoms with Crippen molar-refractivity contribution in [1.29, 1.82) is 0 Å². The zero-order valence-electron chi connectivity index (χ0n) is 6.53. The summed E-state index contributed by atoms with van der Waals surface area (Å²) in [5, 5.41) is 1.25. The number of halogens is 1. The van der Waals surface area contributed by atoms with Crippen molar-refractivity contribution in [3.05, 3.63) is 34.9 Å². The highest BCUT2D eigenvalue weighted by Gasteiger charge is 2.30. The van der Waals surface area contributed by atoms with Crippen molar-refractivity contribution in [2.45, 2.75) is 11.3 Å². The molecule has 2 rings (SSSR count). The van der Waals surface area contributed by atoms with Gasteiger partial charge in [0, 0.05) is 22.1 Å². The van der Waals surface area contributed by atoms with E-state index in [-0.39, 0.29) is 6.04 Å². The summed E-state index contributed by atoms with van der Waals surface area (Å²) in [7, 11) is 0. The van der Waals surface area contributed by atoms with Crippen LogP contribution < -0.4 is 5.73 Å². The van der Waals surface area contributed by atoms with E-state index in [1.54, 1.807) is 0 Å². The topological polar surface area (TPSA) is 26.0 Å². The lowest BCUT2D eigenvalue weighted by Crippen LogP contribution is -2.37. The molecule has 0 amide bonds. The van der Waals surface area contributed by atoms with Crippen molar-refractivity contribution in [1.82, 2.24) is 0 Å². The third kappa shape index (κ3) is 1.35. The van der Waals surface area contributed by atoms with Gasteiger partial charge in [-0.25, -0.2) is 0 Å². The minimum atomic E-state index is 0.287. The zero-order valence-corrected chi connectivity index (χ0v) is 8.11. The van der Waals surface area contributed by atoms with Gasteiger partial charge >= 0.3 is 0 Å². The summed E-state index contributed by atoms with van der Waals surface area (Å²) in [6.45, 7) is 0. The number of hydrogen-bond acceptors (Lipinski definition) is 2. The van der Waals surface area contributed by atoms with Crippen LogP contribution in [0.15, 0.2) is 24.3 Å². The Labute approximate surface area is 81.3 Å². The molecule has 1 aliphatic heterocycles. The van der Waals surface area contributed by atoms with Crippen LogP contribution in [0.3, 0.4) is 0 Å². The molecule has 12 heavy (non-hydrogen) atoms. The van der Waals surface area contributed by atoms with E-state index in [4.69, 9.17) is 17.3 Å². The van der Waals surface area contributed by atoms with Gasteiger partial charge in [0.15, 0.2) is 0 Å². The van der Waals surface area contributed by atoms with Crippen molar-refractivity contribution in [2.24, 2.45) is 5.73 Å². The Hall–Kier alpha value is -0.180. The van der Waals surface area contributed by atoms with E-state index in [9.17, 15) is 0 Å². The minimum Gasteiger partial charge on any atom is -0.326 e. The molecule has 0 radical (unpaired) electrons. The van der Waals surface area contributed by atoms with Gasteiger partial charge in [-0.15, -0.1) is 0 Å². The minimum absolute atomic E-state index is 0.287. The Bertz CT molecular complexity index is 290. The molecule has 0 saturated carbocycles. The third-order valence-electron chi connectivity index (χ3n) is 2.07. The first-order chi connectivity index (χ1) is 5.79. The molecule has 0 aliphatic carbocycles. The maximum atomic E-state index is 6.03. The maximum absolute atomic E-state index is 6.03. The predicted molar refractivity (Wildman–Crippen MR) is 54.6 cm³/mol. The van der Waals surface area contributed by atoms with E-state index in [1.165, 1.54) is 5.56 Å². The fraction of sp³-hybridized carbons (Fsp3) is 0.333. The molecule has 2 unspecified atom stereocenters. The molecule has 1 aromatic carbocycles. The average Bonchev–Trinajstić information content (AvgIpc) is 2.06. The van der Waals surface area contributed by atoms with Gasteiger partial charge in [0.2, 0.25) is 0 Å². The summed E-state index contributed by atoms with van der Waals surface area (Å²) >= 11 is 7.90. The van der Waals surface area contributed by atoms with Crippen molar-refractivity contribution in [2.75, 3.05) is 5.75 Å². The number of rotatable bonds is 1. The maximum Gasteiger partial charge on any atom is 0.0471 e. The van der Waals surface area contributed by atoms with Crippen molar-refractivity contribution < 1.29 is 0 Å². The van der Waals surface area contributed by atoms with Gasteiger partial charge < -0.3 is 5.73 Å². The summed E-state index contributed by atoms with van der Waals surface area (Å²) < 4.78 is 0. The molecule has 0 bridgehead atoms. The normalized spacial score (nSPS) is 28.2. The van der Waals surface area contributed by atoms with Crippen LogP contribution in [0.5, 0.6) is 0 Å². The van der Waals surface area contributed by atoms with Crippen LogP contribution in [0.2, 0.25) is 5.02 Å². The summed E-state index contributed by atoms with van der Waals surface area (Å²) in [4.78, 5) is 0. The summed E-state index contributed by atoms with van der Waals surface area (Å²) in [5.74, 6) is 1.05. The first-order valence-corrected chi connectivity index (χ1v) is 5.33. The van der Waals surface area contributed by atoms with Crippen LogP contribution in [0.4, 0.5) is 0 Å². The SMILES string of the molecule is NC1CSC1c1ccccc1Cl. The van der Waals surface area contributed by atoms with Gasteiger partial charge in [-0.3, -0.25) is 0 Å². The summed E-state index contributed by atoms with van der Waals surface area (Å²) in [5.41, 5.74) is 7.03. The number of thioether (sulfide) groups is 1. The molecular weight excluding hydrogens is 190 g/mol. The Morgan fingerprint density at radius 1 is 1.42 bits per heavy atom. The fourth-order valence-corrected chi connectivity index (χ4v) is 2.64. The molecule has 2 atom stereocenters. The first kappa shape index (κ1) is 8.42. The third-order valence-corrected chi connectivity index (χ3v) is 3.95. The van der Waals surface area contributed by atoms with Gasteiger partial charge in [0.25, 0.3) is 0 Å². The Kier molecular flexibility index (Phi) is 2.31. The highest BCUT2D eigenvalue weighted by atomic mass is 35.5. The fourth-order valence-electron chi connectivity index (χ4n) is 1.33. The molecule has 1 aromatic rings. The van der Waals surface area contributed by atoms with Gasteiger partial charge in [-0.05, 0) is 11.6 Å². The number of benzene rings is 1. The quantitative estimate of drug-likeness (QED) is 0.752. The molecule has 2 N–H and O–H groups in total. The smallest absolute Gasteiger partial charge is 0.0471 e. The monoisotopic (exact) mass is 199 g/mol. The van der Waals surface area contributed by atoms with Crippen LogP contribution in [0.1, 0.15) is 10.8 Å². The second-order valence-corrected chi connectivity index (χ2v) is 4.52. The van der Waals surface area contributed by atoms with E-state index in [0.717, 1.165) is 10.8 Å². The van der Waals surface area contributed by atoms with E-state index >= 15 is 0 Å². The molecule has 3 heteroatoms. The highest BCUT2D eigenvalue weighted by Crippen LogP contribution is 2.43. The lowest BCUT2D eigenvalue weighted by Gasteiger charge is -2.33. The van der Waals surface area contributed by atoms with Gasteiger partial charge in [0.05, 0.1) is 0 Å². The van der Waals surface area contributed by atoms with Crippen molar-refractivity contribution >= 4 is 23.4 Å². The Morgan fingerprint density at radius 3 is 2.67 bits per heavy atom. The highest BCUT2D eigenvalue weighted by molar-refractivity contribution is 8.01. The lowest BCUT2D eigenvalue weighted by atomic mass is 10.1. The molecule has 64 valence electrons. The lowest BCUT2D eigenvalue weighted by molar-refractivity contribution is 0.687. The number of hydrogen-bond donors (Lipinski definition) is 1. The molecular formula is C9H10ClNS. The molecule has 0 aromatic heterocycles. The first-order valence-electron chi connectivity index (χ1n) is 3.90. The van der Waals surface area contributed by atoms with Gasteiger partial charge in [0.1, 0.15) is 0 Å². The van der Waals surface area contributed by atoms with E-state index < -0.39 is 0 Å². The largest absolute Gasteiger partial charge is 0.326 e. The van der Waals surface area contributed by atoms with Crippen molar-refractivity contribution in [3.63, 3.8) is 0 Å². The zero-order chi connectivity index (χ0) is 8.55. The Morgan fingerprint density at radius 2 is 2.17 bits per heavy atom. The molecule has 1 aliphatic rings. The van der Waals surface area contributed by atoms with Crippen molar-refractivity contribution in [3.8, 4) is 0 Å². The predicted octanol–water partition coefficient (Wildman–Crippen LogP) is 2.46. The van der Waals surface area contributed by atoms with Crippen LogP contribution in [-0.2, 0) is 0 Å². The number of nitrogens with two attached hydrogens (primary N) is 1. The standard InChI is InChI=1S/C9H10ClNS/c10-7-4-2-1-3-6(7)9-8(11)5-12-9/h1-4,8-9H,5,11H2. The van der Waals surface area contributed by atoms with Gasteiger partial charge in [-0.1, -0.05) is 29.8 Å². The van der Waals surface area contributed by atoms with Crippen LogP contribution >= 0.6 is 23.4 Å². The van der Waals surface area contributed by atoms with E-state index in [2.05, 4.69) is 6.07 Å². The van der Waals surface area contributed by atoms with Gasteiger partial charge in [-0.2, -0.15) is 11.8 Å². The van der Waals surface area contributed by atoms with Crippen LogP contribution in [0.25, 0.3) is 0 Å². The summed E-state index contributed by atoms with van der Waals surface area (Å²) in [6, 6.07) is 8.21. The average molecular weight is 200 g/mol. The van der Waals surface area contributed by atoms with E-state index in [0.29, 0.717) is 5.25 Å². The second-order valence-electron chi connectivity index (χ2n) is 2.94. The molecule has 1 nitrogen and oxygen atoms in total. The molecule has 1 fully saturated rings. The molecule has 0 spiro atoms. The summed E-state index contributed by atoms with van der Waals surface area (Å²) in [6.07, 6.45) is 0. The van der Waals surface area contributed by atoms with Crippen LogP contribution in [0, 0.1) is 0 Å².